The summed E-state index contributed by atoms with van der Waals surface area (Å²) in [6.07, 6.45) is -0.616. The Morgan fingerprint density at radius 1 is 0.633 bits per heavy atom. The third-order valence-electron chi connectivity index (χ3n) is 5.15. The lowest BCUT2D eigenvalue weighted by Crippen LogP contribution is -2.37. The predicted octanol–water partition coefficient (Wildman–Crippen LogP) is 1.31. The van der Waals surface area contributed by atoms with Crippen LogP contribution in [0.1, 0.15) is 11.1 Å². The van der Waals surface area contributed by atoms with Gasteiger partial charge in [-0.3, -0.25) is 14.4 Å². The van der Waals surface area contributed by atoms with Gasteiger partial charge in [-0.25, -0.2) is 0 Å². The maximum Gasteiger partial charge on any atom is 0.318 e. The molecule has 3 aromatic rings. The fraction of sp³-hybridized carbons (Fsp3) is 0.182. The van der Waals surface area contributed by atoms with Crippen molar-refractivity contribution in [3.05, 3.63) is 59.7 Å². The number of carboxylic acid groups (broad SMARTS) is 4. The monoisotopic (exact) mass is 409 g/mol. The highest BCUT2D eigenvalue weighted by molar-refractivity contribution is 6.07. The van der Waals surface area contributed by atoms with Crippen LogP contribution in [-0.2, 0) is 32.0 Å². The van der Waals surface area contributed by atoms with Crippen molar-refractivity contribution in [2.75, 3.05) is 0 Å². The van der Waals surface area contributed by atoms with Crippen LogP contribution in [0.15, 0.2) is 48.5 Å². The van der Waals surface area contributed by atoms with Crippen LogP contribution in [0.2, 0.25) is 0 Å². The maximum atomic E-state index is 11.5. The first-order valence-corrected chi connectivity index (χ1v) is 9.02. The van der Waals surface area contributed by atoms with Crippen molar-refractivity contribution in [3.8, 4) is 0 Å². The lowest BCUT2D eigenvalue weighted by molar-refractivity contribution is -0.310. The molecular formula is C22H17O8-. The van der Waals surface area contributed by atoms with E-state index in [-0.39, 0.29) is 12.8 Å². The van der Waals surface area contributed by atoms with Gasteiger partial charge in [0.25, 0.3) is 0 Å². The summed E-state index contributed by atoms with van der Waals surface area (Å²) < 4.78 is 0. The van der Waals surface area contributed by atoms with Crippen LogP contribution in [0.25, 0.3) is 21.5 Å². The molecule has 0 saturated carbocycles. The van der Waals surface area contributed by atoms with Crippen molar-refractivity contribution in [1.82, 2.24) is 0 Å². The van der Waals surface area contributed by atoms with E-state index >= 15 is 0 Å². The summed E-state index contributed by atoms with van der Waals surface area (Å²) in [7, 11) is 0. The number of fused-ring (bicyclic) bond motifs is 2. The minimum Gasteiger partial charge on any atom is -0.549 e. The first-order valence-electron chi connectivity index (χ1n) is 9.02. The van der Waals surface area contributed by atoms with Crippen LogP contribution >= 0.6 is 0 Å². The SMILES string of the molecule is O=C([O-])C(Cc1c2ccccc2c(CC(C(=O)O)C(=O)O)c2ccccc12)C(=O)O. The number of carboxylic acids is 4. The highest BCUT2D eigenvalue weighted by Gasteiger charge is 2.29. The van der Waals surface area contributed by atoms with Gasteiger partial charge >= 0.3 is 17.9 Å². The highest BCUT2D eigenvalue weighted by atomic mass is 16.4. The van der Waals surface area contributed by atoms with E-state index in [0.717, 1.165) is 0 Å². The van der Waals surface area contributed by atoms with E-state index in [4.69, 9.17) is 0 Å². The number of rotatable bonds is 8. The highest BCUT2D eigenvalue weighted by Crippen LogP contribution is 2.35. The molecule has 0 saturated heterocycles. The average Bonchev–Trinajstić information content (AvgIpc) is 2.69. The van der Waals surface area contributed by atoms with E-state index in [9.17, 15) is 39.6 Å². The molecule has 3 aromatic carbocycles. The molecule has 0 fully saturated rings. The first-order chi connectivity index (χ1) is 14.2. The Bertz CT molecular complexity index is 1000. The fourth-order valence-corrected chi connectivity index (χ4v) is 3.71. The molecule has 3 rings (SSSR count). The molecule has 0 bridgehead atoms. The smallest absolute Gasteiger partial charge is 0.318 e. The third kappa shape index (κ3) is 3.80. The molecular weight excluding hydrogens is 392 g/mol. The maximum absolute atomic E-state index is 11.5. The lowest BCUT2D eigenvalue weighted by atomic mass is 9.84. The molecule has 0 aliphatic heterocycles. The summed E-state index contributed by atoms with van der Waals surface area (Å²) in [4.78, 5) is 45.7. The van der Waals surface area contributed by atoms with Crippen molar-refractivity contribution in [2.24, 2.45) is 11.8 Å². The Morgan fingerprint density at radius 3 is 1.20 bits per heavy atom. The van der Waals surface area contributed by atoms with Crippen LogP contribution in [0.5, 0.6) is 0 Å². The molecule has 0 aromatic heterocycles. The molecule has 0 aliphatic rings. The van der Waals surface area contributed by atoms with Crippen molar-refractivity contribution in [3.63, 3.8) is 0 Å². The van der Waals surface area contributed by atoms with Gasteiger partial charge in [-0.15, -0.1) is 0 Å². The summed E-state index contributed by atoms with van der Waals surface area (Å²) in [5, 5.41) is 41.5. The molecule has 30 heavy (non-hydrogen) atoms. The summed E-state index contributed by atoms with van der Waals surface area (Å²) >= 11 is 0. The summed E-state index contributed by atoms with van der Waals surface area (Å²) in [6, 6.07) is 13.4. The van der Waals surface area contributed by atoms with E-state index in [0.29, 0.717) is 32.7 Å². The van der Waals surface area contributed by atoms with Gasteiger partial charge < -0.3 is 25.2 Å². The topological polar surface area (TPSA) is 152 Å². The van der Waals surface area contributed by atoms with E-state index in [1.165, 1.54) is 0 Å². The summed E-state index contributed by atoms with van der Waals surface area (Å²) in [5.41, 5.74) is 0.948. The van der Waals surface area contributed by atoms with Gasteiger partial charge in [-0.1, -0.05) is 48.5 Å². The van der Waals surface area contributed by atoms with Crippen molar-refractivity contribution in [1.29, 1.82) is 0 Å². The van der Waals surface area contributed by atoms with Gasteiger partial charge in [0.05, 0.1) is 5.97 Å². The molecule has 1 unspecified atom stereocenters. The number of carbonyl (C=O) groups excluding carboxylic acids is 1. The Labute approximate surface area is 170 Å². The second-order valence-corrected chi connectivity index (χ2v) is 6.90. The van der Waals surface area contributed by atoms with Crippen LogP contribution in [0.4, 0.5) is 0 Å². The number of hydrogen-bond donors (Lipinski definition) is 3. The van der Waals surface area contributed by atoms with Crippen LogP contribution in [0, 0.1) is 11.8 Å². The number of carbonyl (C=O) groups is 4. The summed E-state index contributed by atoms with van der Waals surface area (Å²) in [5.74, 6) is -9.61. The third-order valence-corrected chi connectivity index (χ3v) is 5.15. The van der Waals surface area contributed by atoms with Gasteiger partial charge in [-0.2, -0.15) is 0 Å². The standard InChI is InChI=1S/C22H18O8/c23-19(24)17(20(25)26)9-15-11-5-1-2-6-12(11)16(10-18(21(27)28)22(29)30)14-8-4-3-7-13(14)15/h1-8,17-18H,9-10H2,(H,23,24)(H,25,26)(H,27,28)(H,29,30)/p-1. The molecule has 0 heterocycles. The van der Waals surface area contributed by atoms with E-state index in [1.54, 1.807) is 48.5 Å². The predicted molar refractivity (Wildman–Crippen MR) is 104 cm³/mol. The molecule has 3 N–H and O–H groups in total. The van der Waals surface area contributed by atoms with Gasteiger partial charge in [0.15, 0.2) is 5.92 Å². The van der Waals surface area contributed by atoms with Crippen molar-refractivity contribution in [2.45, 2.75) is 12.8 Å². The zero-order valence-electron chi connectivity index (χ0n) is 15.6. The number of hydrogen-bond acceptors (Lipinski definition) is 5. The fourth-order valence-electron chi connectivity index (χ4n) is 3.71. The zero-order valence-corrected chi connectivity index (χ0v) is 15.6. The van der Waals surface area contributed by atoms with Crippen molar-refractivity contribution < 1.29 is 39.6 Å². The Hall–Kier alpha value is -3.94. The Morgan fingerprint density at radius 2 is 0.933 bits per heavy atom. The molecule has 0 spiro atoms. The molecule has 0 radical (unpaired) electrons. The molecule has 1 atom stereocenters. The molecule has 154 valence electrons. The van der Waals surface area contributed by atoms with E-state index < -0.39 is 35.7 Å². The van der Waals surface area contributed by atoms with Gasteiger partial charge in [0.2, 0.25) is 0 Å². The molecule has 8 nitrogen and oxygen atoms in total. The van der Waals surface area contributed by atoms with Crippen LogP contribution in [0.3, 0.4) is 0 Å². The average molecular weight is 409 g/mol. The van der Waals surface area contributed by atoms with Crippen LogP contribution < -0.4 is 5.11 Å². The number of aliphatic carboxylic acids is 4. The lowest BCUT2D eigenvalue weighted by Gasteiger charge is -2.20. The van der Waals surface area contributed by atoms with Gasteiger partial charge in [0.1, 0.15) is 5.92 Å². The molecule has 8 heteroatoms. The largest absolute Gasteiger partial charge is 0.549 e. The Kier molecular flexibility index (Phi) is 5.68. The van der Waals surface area contributed by atoms with Gasteiger partial charge in [0, 0.05) is 0 Å². The summed E-state index contributed by atoms with van der Waals surface area (Å²) in [6.45, 7) is 0. The van der Waals surface area contributed by atoms with E-state index in [1.807, 2.05) is 0 Å². The number of benzene rings is 3. The normalized spacial score (nSPS) is 12.2. The zero-order chi connectivity index (χ0) is 22.0. The second-order valence-electron chi connectivity index (χ2n) is 6.90. The van der Waals surface area contributed by atoms with Crippen LogP contribution in [-0.4, -0.2) is 39.2 Å². The molecule has 0 amide bonds. The molecule has 0 aliphatic carbocycles. The Balaban J connectivity index is 2.33. The van der Waals surface area contributed by atoms with Gasteiger partial charge in [-0.05, 0) is 45.5 Å². The minimum atomic E-state index is -1.77. The quantitative estimate of drug-likeness (QED) is 0.372. The van der Waals surface area contributed by atoms with Crippen molar-refractivity contribution >= 4 is 45.4 Å². The second kappa shape index (κ2) is 8.20. The first kappa shape index (κ1) is 20.8. The minimum absolute atomic E-state index is 0.283. The van der Waals surface area contributed by atoms with E-state index in [2.05, 4.69) is 0 Å².